The molecule has 3 N–H and O–H groups in total. The minimum absolute atomic E-state index is 0.276. The first kappa shape index (κ1) is 24.4. The normalized spacial score (nSPS) is 12.5. The molecule has 1 rings (SSSR count). The van der Waals surface area contributed by atoms with Crippen LogP contribution in [-0.2, 0) is 14.9 Å². The second-order valence-electron chi connectivity index (χ2n) is 6.46. The van der Waals surface area contributed by atoms with E-state index in [0.717, 1.165) is 19.5 Å². The molecule has 0 bridgehead atoms. The number of hydrogen-bond acceptors (Lipinski definition) is 6. The van der Waals surface area contributed by atoms with E-state index >= 15 is 0 Å². The van der Waals surface area contributed by atoms with E-state index in [2.05, 4.69) is 32.6 Å². The van der Waals surface area contributed by atoms with Gasteiger partial charge in [0.25, 0.3) is 10.1 Å². The number of nitrogen functional groups attached to an aromatic ring is 1. The second-order valence-corrected chi connectivity index (χ2v) is 7.92. The summed E-state index contributed by atoms with van der Waals surface area (Å²) >= 11 is 0. The summed E-state index contributed by atoms with van der Waals surface area (Å²) in [4.78, 5) is 14.4. The van der Waals surface area contributed by atoms with Gasteiger partial charge >= 0.3 is 5.97 Å². The molecule has 8 heteroatoms. The predicted octanol–water partition coefficient (Wildman–Crippen LogP) is 2.69. The van der Waals surface area contributed by atoms with E-state index in [9.17, 15) is 13.2 Å². The van der Waals surface area contributed by atoms with Gasteiger partial charge in [-0.05, 0) is 49.7 Å². The summed E-state index contributed by atoms with van der Waals surface area (Å²) in [5.74, 6) is 0.293. The molecule has 7 nitrogen and oxygen atoms in total. The Labute approximate surface area is 157 Å². The van der Waals surface area contributed by atoms with Crippen LogP contribution in [0.3, 0.4) is 0 Å². The molecular formula is C18H32N2O5S. The van der Waals surface area contributed by atoms with Crippen LogP contribution in [-0.4, -0.2) is 55.8 Å². The molecule has 1 aromatic carbocycles. The zero-order valence-corrected chi connectivity index (χ0v) is 17.1. The third-order valence-electron chi connectivity index (χ3n) is 3.63. The van der Waals surface area contributed by atoms with Crippen molar-refractivity contribution in [3.8, 4) is 0 Å². The summed E-state index contributed by atoms with van der Waals surface area (Å²) < 4.78 is 31.4. The summed E-state index contributed by atoms with van der Waals surface area (Å²) in [6.07, 6.45) is 1.74. The number of nitrogens with zero attached hydrogens (tertiary/aromatic N) is 1. The molecule has 1 aromatic rings. The first-order chi connectivity index (χ1) is 12.0. The summed E-state index contributed by atoms with van der Waals surface area (Å²) in [5, 5.41) is 0. The molecule has 0 aliphatic heterocycles. The number of likely N-dealkylation sites (N-methyl/N-ethyl adjacent to an activating group) is 1. The van der Waals surface area contributed by atoms with Crippen molar-refractivity contribution in [1.82, 2.24) is 4.90 Å². The van der Waals surface area contributed by atoms with Crippen molar-refractivity contribution in [1.29, 1.82) is 0 Å². The molecule has 150 valence electrons. The van der Waals surface area contributed by atoms with Crippen LogP contribution in [0.4, 0.5) is 5.69 Å². The molecule has 1 atom stereocenters. The average Bonchev–Trinajstić information content (AvgIpc) is 2.52. The van der Waals surface area contributed by atoms with Crippen molar-refractivity contribution in [2.24, 2.45) is 5.92 Å². The highest BCUT2D eigenvalue weighted by Gasteiger charge is 2.19. The molecule has 0 aromatic heterocycles. The van der Waals surface area contributed by atoms with Crippen LogP contribution in [0.5, 0.6) is 0 Å². The van der Waals surface area contributed by atoms with Crippen LogP contribution < -0.4 is 5.73 Å². The summed E-state index contributed by atoms with van der Waals surface area (Å²) in [5.41, 5.74) is 6.81. The van der Waals surface area contributed by atoms with E-state index < -0.39 is 10.1 Å². The van der Waals surface area contributed by atoms with Crippen molar-refractivity contribution in [3.05, 3.63) is 29.8 Å². The minimum atomic E-state index is -3.67. The number of benzene rings is 1. The smallest absolute Gasteiger partial charge is 0.338 e. The third kappa shape index (κ3) is 11.8. The van der Waals surface area contributed by atoms with E-state index in [-0.39, 0.29) is 12.0 Å². The molecule has 26 heavy (non-hydrogen) atoms. The molecule has 0 heterocycles. The minimum Gasteiger partial charge on any atom is -0.460 e. The number of anilines is 1. The Morgan fingerprint density at radius 2 is 1.65 bits per heavy atom. The van der Waals surface area contributed by atoms with Gasteiger partial charge in [-0.3, -0.25) is 9.45 Å². The van der Waals surface area contributed by atoms with Crippen molar-refractivity contribution in [2.75, 3.05) is 31.7 Å². The molecular weight excluding hydrogens is 356 g/mol. The maximum Gasteiger partial charge on any atom is 0.338 e. The molecule has 0 saturated carbocycles. The van der Waals surface area contributed by atoms with E-state index in [1.165, 1.54) is 0 Å². The zero-order chi connectivity index (χ0) is 20.3. The lowest BCUT2D eigenvalue weighted by Crippen LogP contribution is -2.40. The maximum absolute atomic E-state index is 12.1. The molecule has 0 saturated heterocycles. The lowest BCUT2D eigenvalue weighted by molar-refractivity contribution is 0.0331. The van der Waals surface area contributed by atoms with Gasteiger partial charge in [0.2, 0.25) is 0 Å². The Hall–Kier alpha value is -1.64. The highest BCUT2D eigenvalue weighted by atomic mass is 32.2. The first-order valence-electron chi connectivity index (χ1n) is 8.67. The topological polar surface area (TPSA) is 110 Å². The SMILES string of the molecule is CCN(CC)[C@H](COC(=O)c1ccc(N)cc1)CC(C)C.CS(=O)(=O)O. The van der Waals surface area contributed by atoms with Gasteiger partial charge in [0, 0.05) is 11.7 Å². The van der Waals surface area contributed by atoms with E-state index in [1.54, 1.807) is 24.3 Å². The molecule has 0 radical (unpaired) electrons. The number of carbonyl (C=O) groups is 1. The Morgan fingerprint density at radius 1 is 1.19 bits per heavy atom. The number of ether oxygens (including phenoxy) is 1. The lowest BCUT2D eigenvalue weighted by Gasteiger charge is -2.30. The van der Waals surface area contributed by atoms with Gasteiger partial charge < -0.3 is 10.5 Å². The van der Waals surface area contributed by atoms with Crippen molar-refractivity contribution >= 4 is 21.8 Å². The first-order valence-corrected chi connectivity index (χ1v) is 10.5. The number of hydrogen-bond donors (Lipinski definition) is 2. The van der Waals surface area contributed by atoms with Crippen molar-refractivity contribution in [2.45, 2.75) is 40.2 Å². The fourth-order valence-corrected chi connectivity index (χ4v) is 2.48. The highest BCUT2D eigenvalue weighted by molar-refractivity contribution is 7.85. The molecule has 0 spiro atoms. The molecule has 0 unspecified atom stereocenters. The fraction of sp³-hybridized carbons (Fsp3) is 0.611. The van der Waals surface area contributed by atoms with Crippen LogP contribution >= 0.6 is 0 Å². The largest absolute Gasteiger partial charge is 0.460 e. The van der Waals surface area contributed by atoms with Gasteiger partial charge in [-0.2, -0.15) is 8.42 Å². The van der Waals surface area contributed by atoms with Crippen molar-refractivity contribution in [3.63, 3.8) is 0 Å². The quantitative estimate of drug-likeness (QED) is 0.400. The van der Waals surface area contributed by atoms with Crippen LogP contribution in [0.15, 0.2) is 24.3 Å². The van der Waals surface area contributed by atoms with Gasteiger partial charge in [0.15, 0.2) is 0 Å². The third-order valence-corrected chi connectivity index (χ3v) is 3.63. The maximum atomic E-state index is 12.1. The Bertz CT molecular complexity index is 617. The molecule has 0 aliphatic rings. The lowest BCUT2D eigenvalue weighted by atomic mass is 10.0. The predicted molar refractivity (Wildman–Crippen MR) is 105 cm³/mol. The van der Waals surface area contributed by atoms with Crippen LogP contribution in [0, 0.1) is 5.92 Å². The Morgan fingerprint density at radius 3 is 2.04 bits per heavy atom. The van der Waals surface area contributed by atoms with Gasteiger partial charge in [-0.25, -0.2) is 4.79 Å². The molecule has 0 fully saturated rings. The highest BCUT2D eigenvalue weighted by Crippen LogP contribution is 2.13. The molecule has 0 aliphatic carbocycles. The molecule has 0 amide bonds. The van der Waals surface area contributed by atoms with Gasteiger partial charge in [-0.1, -0.05) is 27.7 Å². The van der Waals surface area contributed by atoms with E-state index in [1.807, 2.05) is 0 Å². The fourth-order valence-electron chi connectivity index (χ4n) is 2.48. The zero-order valence-electron chi connectivity index (χ0n) is 16.3. The van der Waals surface area contributed by atoms with Gasteiger partial charge in [0.05, 0.1) is 11.8 Å². The number of nitrogens with two attached hydrogens (primary N) is 1. The van der Waals surface area contributed by atoms with E-state index in [4.69, 9.17) is 15.0 Å². The van der Waals surface area contributed by atoms with Crippen LogP contribution in [0.1, 0.15) is 44.5 Å². The van der Waals surface area contributed by atoms with E-state index in [0.29, 0.717) is 30.0 Å². The Balaban J connectivity index is 0.00000110. The average molecular weight is 389 g/mol. The number of esters is 1. The van der Waals surface area contributed by atoms with Crippen molar-refractivity contribution < 1.29 is 22.5 Å². The Kier molecular flexibility index (Phi) is 11.1. The standard InChI is InChI=1S/C17H28N2O2.CH4O3S/c1-5-19(6-2)16(11-13(3)4)12-21-17(20)14-7-9-15(18)10-8-14;1-5(2,3)4/h7-10,13,16H,5-6,11-12,18H2,1-4H3;1H3,(H,2,3,4)/t16-;/m0./s1. The number of carbonyl (C=O) groups excluding carboxylic acids is 1. The summed E-state index contributed by atoms with van der Waals surface area (Å²) in [6, 6.07) is 7.11. The van der Waals surface area contributed by atoms with Crippen LogP contribution in [0.2, 0.25) is 0 Å². The number of rotatable bonds is 8. The second kappa shape index (κ2) is 11.9. The summed E-state index contributed by atoms with van der Waals surface area (Å²) in [6.45, 7) is 11.0. The van der Waals surface area contributed by atoms with Crippen LogP contribution in [0.25, 0.3) is 0 Å². The summed E-state index contributed by atoms with van der Waals surface area (Å²) in [7, 11) is -3.67. The monoisotopic (exact) mass is 388 g/mol. The van der Waals surface area contributed by atoms with Gasteiger partial charge in [0.1, 0.15) is 6.61 Å². The van der Waals surface area contributed by atoms with Gasteiger partial charge in [-0.15, -0.1) is 0 Å².